The van der Waals surface area contributed by atoms with E-state index in [-0.39, 0.29) is 36.1 Å². The Morgan fingerprint density at radius 1 is 1.26 bits per heavy atom. The van der Waals surface area contributed by atoms with Crippen LogP contribution in [0.1, 0.15) is 51.5 Å². The van der Waals surface area contributed by atoms with E-state index in [0.29, 0.717) is 32.1 Å². The number of aliphatic hydroxyl groups excluding tert-OH is 1. The van der Waals surface area contributed by atoms with Crippen molar-refractivity contribution in [2.75, 3.05) is 6.61 Å². The summed E-state index contributed by atoms with van der Waals surface area (Å²) < 4.78 is 48.7. The number of hydrogen-bond donors (Lipinski definition) is 1. The monoisotopic (exact) mass is 480 g/mol. The second-order valence-corrected chi connectivity index (χ2v) is 8.33. The summed E-state index contributed by atoms with van der Waals surface area (Å²) in [5.74, 6) is -0.437. The van der Waals surface area contributed by atoms with Crippen LogP contribution in [0.5, 0.6) is 5.75 Å². The second-order valence-electron chi connectivity index (χ2n) is 8.33. The van der Waals surface area contributed by atoms with E-state index >= 15 is 0 Å². The molecule has 0 saturated carbocycles. The molecule has 2 atom stereocenters. The fourth-order valence-corrected chi connectivity index (χ4v) is 3.40. The maximum Gasteiger partial charge on any atom is 0.416 e. The first kappa shape index (κ1) is 27.4. The molecule has 0 aliphatic heterocycles. The summed E-state index contributed by atoms with van der Waals surface area (Å²) in [6.45, 7) is 3.39. The Hall–Kier alpha value is -2.87. The number of aliphatic hydroxyl groups is 1. The van der Waals surface area contributed by atoms with Gasteiger partial charge in [-0.3, -0.25) is 9.59 Å². The van der Waals surface area contributed by atoms with Gasteiger partial charge in [0.15, 0.2) is 0 Å². The molecule has 0 fully saturated rings. The third kappa shape index (κ3) is 9.55. The van der Waals surface area contributed by atoms with Crippen molar-refractivity contribution in [1.82, 2.24) is 0 Å². The number of carbonyl (C=O) groups excluding carboxylic acids is 2. The molecule has 1 N–H and O–H groups in total. The smallest absolute Gasteiger partial charge is 0.416 e. The van der Waals surface area contributed by atoms with Crippen molar-refractivity contribution in [3.63, 3.8) is 0 Å². The predicted octanol–water partition coefficient (Wildman–Crippen LogP) is 5.58. The topological polar surface area (TPSA) is 72.8 Å². The minimum absolute atomic E-state index is 0.0121. The highest BCUT2D eigenvalue weighted by Gasteiger charge is 2.30. The van der Waals surface area contributed by atoms with Crippen molar-refractivity contribution < 1.29 is 37.3 Å². The fraction of sp³-hybridized carbons (Fsp3) is 0.462. The SMILES string of the molecule is CC(C)OC(=O)CCC/C=C/C[C@H]1C(=O)CC=C1/C=C/[C@@H](O)COc1cccc(C(F)(F)F)c1. The molecule has 0 unspecified atom stereocenters. The Kier molecular flexibility index (Phi) is 10.6. The van der Waals surface area contributed by atoms with E-state index in [2.05, 4.69) is 0 Å². The molecular formula is C26H31F3O5. The molecule has 1 aromatic rings. The van der Waals surface area contributed by atoms with Gasteiger partial charge in [-0.15, -0.1) is 0 Å². The van der Waals surface area contributed by atoms with Gasteiger partial charge in [0.25, 0.3) is 0 Å². The first-order valence-corrected chi connectivity index (χ1v) is 11.3. The van der Waals surface area contributed by atoms with Crippen molar-refractivity contribution in [3.05, 3.63) is 65.8 Å². The van der Waals surface area contributed by atoms with E-state index in [1.54, 1.807) is 26.0 Å². The van der Waals surface area contributed by atoms with Gasteiger partial charge in [-0.25, -0.2) is 0 Å². The standard InChI is InChI=1S/C26H31F3O5/c1-18(2)34-25(32)11-6-4-3-5-10-23-19(13-15-24(23)31)12-14-21(30)17-33-22-9-7-8-20(16-22)26(27,28)29/h3,5,7-9,12-14,16,18,21,23,30H,4,6,10-11,15,17H2,1-2H3/b5-3+,14-12+/t21-,23-/m1/s1. The molecule has 1 aliphatic rings. The summed E-state index contributed by atoms with van der Waals surface area (Å²) in [6, 6.07) is 4.45. The molecule has 1 aliphatic carbocycles. The first-order valence-electron chi connectivity index (χ1n) is 11.3. The van der Waals surface area contributed by atoms with Gasteiger partial charge < -0.3 is 14.6 Å². The predicted molar refractivity (Wildman–Crippen MR) is 122 cm³/mol. The number of esters is 1. The normalized spacial score (nSPS) is 17.6. The Balaban J connectivity index is 1.78. The molecule has 1 aromatic carbocycles. The zero-order chi connectivity index (χ0) is 25.1. The van der Waals surface area contributed by atoms with Crippen LogP contribution in [0.3, 0.4) is 0 Å². The number of unbranched alkanes of at least 4 members (excludes halogenated alkanes) is 1. The Bertz CT molecular complexity index is 915. The van der Waals surface area contributed by atoms with Gasteiger partial charge >= 0.3 is 12.1 Å². The third-order valence-electron chi connectivity index (χ3n) is 5.08. The number of ketones is 1. The van der Waals surface area contributed by atoms with Crippen LogP contribution in [0.2, 0.25) is 0 Å². The summed E-state index contributed by atoms with van der Waals surface area (Å²) in [6.07, 6.45) is 5.69. The molecule has 8 heteroatoms. The second kappa shape index (κ2) is 13.1. The van der Waals surface area contributed by atoms with Crippen LogP contribution in [0, 0.1) is 5.92 Å². The van der Waals surface area contributed by atoms with E-state index in [1.807, 2.05) is 12.2 Å². The molecule has 0 aromatic heterocycles. The number of Topliss-reactive ketones (excluding diaryl/α,β-unsaturated/α-hetero) is 1. The van der Waals surface area contributed by atoms with Crippen molar-refractivity contribution in [2.45, 2.75) is 64.3 Å². The molecule has 2 rings (SSSR count). The first-order chi connectivity index (χ1) is 16.1. The Morgan fingerprint density at radius 3 is 2.74 bits per heavy atom. The molecule has 34 heavy (non-hydrogen) atoms. The van der Waals surface area contributed by atoms with Crippen LogP contribution in [-0.2, 0) is 20.5 Å². The fourth-order valence-electron chi connectivity index (χ4n) is 3.40. The van der Waals surface area contributed by atoms with Crippen LogP contribution in [0.15, 0.2) is 60.2 Å². The van der Waals surface area contributed by atoms with Gasteiger partial charge in [0, 0.05) is 18.8 Å². The van der Waals surface area contributed by atoms with E-state index < -0.39 is 17.8 Å². The van der Waals surface area contributed by atoms with E-state index in [1.165, 1.54) is 18.2 Å². The molecule has 0 saturated heterocycles. The van der Waals surface area contributed by atoms with Crippen molar-refractivity contribution in [2.24, 2.45) is 5.92 Å². The lowest BCUT2D eigenvalue weighted by Gasteiger charge is -2.12. The zero-order valence-corrected chi connectivity index (χ0v) is 19.4. The lowest BCUT2D eigenvalue weighted by atomic mass is 9.95. The number of rotatable bonds is 12. The lowest BCUT2D eigenvalue weighted by molar-refractivity contribution is -0.147. The molecule has 0 amide bonds. The third-order valence-corrected chi connectivity index (χ3v) is 5.08. The number of ether oxygens (including phenoxy) is 2. The van der Waals surface area contributed by atoms with Crippen LogP contribution in [-0.4, -0.2) is 35.7 Å². The number of halogens is 3. The van der Waals surface area contributed by atoms with Gasteiger partial charge in [0.1, 0.15) is 24.2 Å². The zero-order valence-electron chi connectivity index (χ0n) is 19.4. The summed E-state index contributed by atoms with van der Waals surface area (Å²) in [4.78, 5) is 23.7. The Labute approximate surface area is 197 Å². The maximum absolute atomic E-state index is 12.8. The van der Waals surface area contributed by atoms with Gasteiger partial charge in [-0.2, -0.15) is 13.2 Å². The average molecular weight is 481 g/mol. The van der Waals surface area contributed by atoms with Crippen LogP contribution in [0.25, 0.3) is 0 Å². The van der Waals surface area contributed by atoms with Crippen molar-refractivity contribution >= 4 is 11.8 Å². The molecular weight excluding hydrogens is 449 g/mol. The average Bonchev–Trinajstić information content (AvgIpc) is 3.11. The quantitative estimate of drug-likeness (QED) is 0.240. The summed E-state index contributed by atoms with van der Waals surface area (Å²) >= 11 is 0. The van der Waals surface area contributed by atoms with Gasteiger partial charge in [-0.05, 0) is 56.9 Å². The van der Waals surface area contributed by atoms with Crippen LogP contribution < -0.4 is 4.74 Å². The van der Waals surface area contributed by atoms with Gasteiger partial charge in [0.05, 0.1) is 11.7 Å². The van der Waals surface area contributed by atoms with Crippen molar-refractivity contribution in [3.8, 4) is 5.75 Å². The van der Waals surface area contributed by atoms with Crippen molar-refractivity contribution in [1.29, 1.82) is 0 Å². The summed E-state index contributed by atoms with van der Waals surface area (Å²) in [7, 11) is 0. The number of allylic oxidation sites excluding steroid dienone is 5. The van der Waals surface area contributed by atoms with E-state index in [4.69, 9.17) is 9.47 Å². The van der Waals surface area contributed by atoms with E-state index in [0.717, 1.165) is 17.7 Å². The summed E-state index contributed by atoms with van der Waals surface area (Å²) in [5, 5.41) is 10.1. The maximum atomic E-state index is 12.8. The molecule has 0 heterocycles. The molecule has 0 radical (unpaired) electrons. The van der Waals surface area contributed by atoms with E-state index in [9.17, 15) is 27.9 Å². The number of benzene rings is 1. The minimum atomic E-state index is -4.47. The number of carbonyl (C=O) groups is 2. The minimum Gasteiger partial charge on any atom is -0.491 e. The molecule has 5 nitrogen and oxygen atoms in total. The van der Waals surface area contributed by atoms with Crippen LogP contribution >= 0.6 is 0 Å². The summed E-state index contributed by atoms with van der Waals surface area (Å²) in [5.41, 5.74) is -0.0377. The van der Waals surface area contributed by atoms with Gasteiger partial charge in [-0.1, -0.05) is 36.4 Å². The number of alkyl halides is 3. The Morgan fingerprint density at radius 2 is 2.03 bits per heavy atom. The number of hydrogen-bond acceptors (Lipinski definition) is 5. The molecule has 0 spiro atoms. The highest BCUT2D eigenvalue weighted by molar-refractivity contribution is 5.89. The highest BCUT2D eigenvalue weighted by atomic mass is 19.4. The van der Waals surface area contributed by atoms with Crippen LogP contribution in [0.4, 0.5) is 13.2 Å². The highest BCUT2D eigenvalue weighted by Crippen LogP contribution is 2.31. The molecule has 0 bridgehead atoms. The lowest BCUT2D eigenvalue weighted by Crippen LogP contribution is -2.15. The van der Waals surface area contributed by atoms with Gasteiger partial charge in [0.2, 0.25) is 0 Å². The molecule has 186 valence electrons. The largest absolute Gasteiger partial charge is 0.491 e.